The summed E-state index contributed by atoms with van der Waals surface area (Å²) < 4.78 is 5.44. The number of pyridine rings is 1. The van der Waals surface area contributed by atoms with Crippen molar-refractivity contribution in [2.24, 2.45) is 0 Å². The van der Waals surface area contributed by atoms with E-state index in [2.05, 4.69) is 10.3 Å². The molecule has 0 spiro atoms. The Hall–Kier alpha value is -3.35. The average Bonchev–Trinajstić information content (AvgIpc) is 3.02. The molecule has 1 aromatic heterocycles. The minimum atomic E-state index is -0.541. The maximum atomic E-state index is 13.2. The summed E-state index contributed by atoms with van der Waals surface area (Å²) in [5.41, 5.74) is 2.87. The lowest BCUT2D eigenvalue weighted by molar-refractivity contribution is -0.126. The minimum absolute atomic E-state index is 0.0987. The largest absolute Gasteiger partial charge is 0.496 e. The van der Waals surface area contributed by atoms with Gasteiger partial charge in [0.25, 0.3) is 5.91 Å². The first-order valence-corrected chi connectivity index (χ1v) is 8.69. The molecule has 27 heavy (non-hydrogen) atoms. The van der Waals surface area contributed by atoms with Crippen molar-refractivity contribution in [1.29, 1.82) is 0 Å². The Balaban J connectivity index is 1.71. The number of hydrogen-bond acceptors (Lipinski definition) is 4. The van der Waals surface area contributed by atoms with Gasteiger partial charge in [0.2, 0.25) is 0 Å². The number of rotatable bonds is 4. The Bertz CT molecular complexity index is 926. The van der Waals surface area contributed by atoms with Crippen molar-refractivity contribution in [1.82, 2.24) is 20.1 Å². The molecular weight excluding hydrogens is 344 g/mol. The van der Waals surface area contributed by atoms with Crippen LogP contribution in [-0.2, 0) is 11.3 Å². The molecular formula is C20H20N4O3. The number of carbonyl (C=O) groups excluding carboxylic acids is 2. The monoisotopic (exact) mass is 364 g/mol. The number of aromatic nitrogens is 1. The van der Waals surface area contributed by atoms with Gasteiger partial charge in [0.15, 0.2) is 0 Å². The van der Waals surface area contributed by atoms with Crippen molar-refractivity contribution < 1.29 is 14.3 Å². The molecule has 0 fully saturated rings. The van der Waals surface area contributed by atoms with Crippen molar-refractivity contribution >= 4 is 11.9 Å². The summed E-state index contributed by atoms with van der Waals surface area (Å²) in [6, 6.07) is 12.3. The molecule has 138 valence electrons. The zero-order chi connectivity index (χ0) is 19.0. The number of urea groups is 1. The standard InChI is InChI=1S/C20H20N4O3/c1-23-15-12-24(11-13-7-5-6-10-21-13)19(25)17(15)18(22-20(23)26)14-8-3-4-9-16(14)27-2/h3-10,18H,11-12H2,1-2H3,(H,22,26). The molecule has 1 N–H and O–H groups in total. The van der Waals surface area contributed by atoms with Crippen LogP contribution in [0.5, 0.6) is 5.75 Å². The molecule has 3 heterocycles. The van der Waals surface area contributed by atoms with Crippen LogP contribution in [0.25, 0.3) is 0 Å². The van der Waals surface area contributed by atoms with E-state index in [1.54, 1.807) is 25.3 Å². The summed E-state index contributed by atoms with van der Waals surface area (Å²) in [7, 11) is 3.26. The summed E-state index contributed by atoms with van der Waals surface area (Å²) in [4.78, 5) is 33.2. The molecule has 0 radical (unpaired) electrons. The van der Waals surface area contributed by atoms with Crippen LogP contribution in [0.15, 0.2) is 59.9 Å². The number of methoxy groups -OCH3 is 1. The number of para-hydroxylation sites is 1. The van der Waals surface area contributed by atoms with Gasteiger partial charge in [-0.1, -0.05) is 24.3 Å². The first kappa shape index (κ1) is 17.1. The van der Waals surface area contributed by atoms with Crippen LogP contribution in [0.3, 0.4) is 0 Å². The maximum absolute atomic E-state index is 13.2. The summed E-state index contributed by atoms with van der Waals surface area (Å²) in [6.07, 6.45) is 1.71. The van der Waals surface area contributed by atoms with Gasteiger partial charge in [0.05, 0.1) is 43.2 Å². The summed E-state index contributed by atoms with van der Waals surface area (Å²) in [6.45, 7) is 0.771. The number of likely N-dealkylation sites (N-methyl/N-ethyl adjacent to an activating group) is 1. The maximum Gasteiger partial charge on any atom is 0.322 e. The topological polar surface area (TPSA) is 74.8 Å². The van der Waals surface area contributed by atoms with Crippen LogP contribution in [0.4, 0.5) is 4.79 Å². The summed E-state index contributed by atoms with van der Waals surface area (Å²) >= 11 is 0. The van der Waals surface area contributed by atoms with E-state index in [9.17, 15) is 9.59 Å². The third-order valence-corrected chi connectivity index (χ3v) is 4.96. The predicted molar refractivity (Wildman–Crippen MR) is 98.7 cm³/mol. The van der Waals surface area contributed by atoms with Crippen molar-refractivity contribution in [3.05, 3.63) is 71.2 Å². The van der Waals surface area contributed by atoms with E-state index >= 15 is 0 Å². The second-order valence-corrected chi connectivity index (χ2v) is 6.53. The molecule has 1 atom stereocenters. The highest BCUT2D eigenvalue weighted by Crippen LogP contribution is 2.39. The summed E-state index contributed by atoms with van der Waals surface area (Å²) in [5, 5.41) is 2.93. The molecule has 1 unspecified atom stereocenters. The molecule has 2 aromatic rings. The molecule has 1 aromatic carbocycles. The highest BCUT2D eigenvalue weighted by Gasteiger charge is 2.43. The first-order valence-electron chi connectivity index (χ1n) is 8.69. The number of amides is 3. The Labute approximate surface area is 157 Å². The highest BCUT2D eigenvalue weighted by atomic mass is 16.5. The van der Waals surface area contributed by atoms with E-state index in [4.69, 9.17) is 4.74 Å². The number of nitrogens with zero attached hydrogens (tertiary/aromatic N) is 3. The smallest absolute Gasteiger partial charge is 0.322 e. The number of carbonyl (C=O) groups is 2. The quantitative estimate of drug-likeness (QED) is 0.901. The average molecular weight is 364 g/mol. The molecule has 2 aliphatic rings. The van der Waals surface area contributed by atoms with E-state index in [1.807, 2.05) is 42.5 Å². The van der Waals surface area contributed by atoms with Crippen molar-refractivity contribution in [2.45, 2.75) is 12.6 Å². The van der Waals surface area contributed by atoms with Crippen LogP contribution in [0, 0.1) is 0 Å². The van der Waals surface area contributed by atoms with Crippen LogP contribution in [0.2, 0.25) is 0 Å². The number of nitrogens with one attached hydrogen (secondary N) is 1. The van der Waals surface area contributed by atoms with E-state index < -0.39 is 6.04 Å². The first-order chi connectivity index (χ1) is 13.1. The molecule has 0 aliphatic carbocycles. The SMILES string of the molecule is COc1ccccc1C1NC(=O)N(C)C2=C1C(=O)N(Cc1ccccn1)C2. The molecule has 0 bridgehead atoms. The molecule has 3 amide bonds. The predicted octanol–water partition coefficient (Wildman–Crippen LogP) is 2.08. The normalized spacial score (nSPS) is 19.3. The Morgan fingerprint density at radius 1 is 1.19 bits per heavy atom. The van der Waals surface area contributed by atoms with Gasteiger partial charge >= 0.3 is 6.03 Å². The Kier molecular flexibility index (Phi) is 4.27. The molecule has 2 aliphatic heterocycles. The van der Waals surface area contributed by atoms with Gasteiger partial charge in [-0.05, 0) is 18.2 Å². The Morgan fingerprint density at radius 3 is 2.70 bits per heavy atom. The lowest BCUT2D eigenvalue weighted by atomic mass is 9.95. The van der Waals surface area contributed by atoms with Gasteiger partial charge in [0, 0.05) is 18.8 Å². The van der Waals surface area contributed by atoms with Crippen LogP contribution >= 0.6 is 0 Å². The lowest BCUT2D eigenvalue weighted by Gasteiger charge is -2.31. The molecule has 0 saturated heterocycles. The van der Waals surface area contributed by atoms with Crippen LogP contribution < -0.4 is 10.1 Å². The van der Waals surface area contributed by atoms with Crippen LogP contribution in [-0.4, -0.2) is 47.4 Å². The second kappa shape index (κ2) is 6.75. The fourth-order valence-corrected chi connectivity index (χ4v) is 3.58. The zero-order valence-electron chi connectivity index (χ0n) is 15.2. The highest BCUT2D eigenvalue weighted by molar-refractivity contribution is 6.01. The third-order valence-electron chi connectivity index (χ3n) is 4.96. The van der Waals surface area contributed by atoms with Gasteiger partial charge in [-0.3, -0.25) is 14.7 Å². The molecule has 7 nitrogen and oxygen atoms in total. The van der Waals surface area contributed by atoms with Gasteiger partial charge in [-0.2, -0.15) is 0 Å². The van der Waals surface area contributed by atoms with E-state index in [-0.39, 0.29) is 11.9 Å². The van der Waals surface area contributed by atoms with Crippen molar-refractivity contribution in [3.63, 3.8) is 0 Å². The summed E-state index contributed by atoms with van der Waals surface area (Å²) in [5.74, 6) is 0.536. The van der Waals surface area contributed by atoms with Crippen molar-refractivity contribution in [3.8, 4) is 5.75 Å². The third kappa shape index (κ3) is 2.91. The van der Waals surface area contributed by atoms with Crippen LogP contribution in [0.1, 0.15) is 17.3 Å². The molecule has 0 saturated carbocycles. The van der Waals surface area contributed by atoms with E-state index in [0.717, 1.165) is 17.0 Å². The van der Waals surface area contributed by atoms with Gasteiger partial charge in [0.1, 0.15) is 5.75 Å². The fraction of sp³-hybridized carbons (Fsp3) is 0.250. The zero-order valence-corrected chi connectivity index (χ0v) is 15.2. The number of ether oxygens (including phenoxy) is 1. The fourth-order valence-electron chi connectivity index (χ4n) is 3.58. The lowest BCUT2D eigenvalue weighted by Crippen LogP contribution is -2.45. The van der Waals surface area contributed by atoms with Gasteiger partial charge in [-0.15, -0.1) is 0 Å². The van der Waals surface area contributed by atoms with Crippen molar-refractivity contribution in [2.75, 3.05) is 20.7 Å². The molecule has 7 heteroatoms. The van der Waals surface area contributed by atoms with E-state index in [0.29, 0.717) is 24.4 Å². The van der Waals surface area contributed by atoms with E-state index in [1.165, 1.54) is 4.90 Å². The minimum Gasteiger partial charge on any atom is -0.496 e. The molecule has 4 rings (SSSR count). The van der Waals surface area contributed by atoms with Gasteiger partial charge < -0.3 is 15.0 Å². The second-order valence-electron chi connectivity index (χ2n) is 6.53. The Morgan fingerprint density at radius 2 is 1.96 bits per heavy atom. The number of benzene rings is 1. The van der Waals surface area contributed by atoms with Gasteiger partial charge in [-0.25, -0.2) is 4.79 Å². The number of hydrogen-bond donors (Lipinski definition) is 1.